The summed E-state index contributed by atoms with van der Waals surface area (Å²) in [6.07, 6.45) is 0. The van der Waals surface area contributed by atoms with E-state index in [0.717, 1.165) is 0 Å². The van der Waals surface area contributed by atoms with Gasteiger partial charge < -0.3 is 20.1 Å². The van der Waals surface area contributed by atoms with E-state index in [1.165, 1.54) is 18.2 Å². The molecule has 0 saturated carbocycles. The van der Waals surface area contributed by atoms with Gasteiger partial charge in [-0.15, -0.1) is 0 Å². The number of hydrogen-bond donors (Lipinski definition) is 2. The van der Waals surface area contributed by atoms with Crippen molar-refractivity contribution in [1.29, 1.82) is 0 Å². The van der Waals surface area contributed by atoms with Gasteiger partial charge in [-0.1, -0.05) is 23.7 Å². The molecule has 26 heavy (non-hydrogen) atoms. The fourth-order valence-corrected chi connectivity index (χ4v) is 3.05. The second-order valence-corrected chi connectivity index (χ2v) is 6.26. The summed E-state index contributed by atoms with van der Waals surface area (Å²) >= 11 is 9.38. The molecule has 0 unspecified atom stereocenters. The predicted molar refractivity (Wildman–Crippen MR) is 101 cm³/mol. The van der Waals surface area contributed by atoms with Gasteiger partial charge in [0.1, 0.15) is 5.75 Å². The van der Waals surface area contributed by atoms with Gasteiger partial charge in [-0.3, -0.25) is 4.79 Å². The van der Waals surface area contributed by atoms with Crippen LogP contribution in [0.5, 0.6) is 11.5 Å². The number of nitrogens with one attached hydrogen (secondary N) is 2. The van der Waals surface area contributed by atoms with Crippen molar-refractivity contribution < 1.29 is 23.0 Å². The summed E-state index contributed by atoms with van der Waals surface area (Å²) in [6.45, 7) is -0.851. The number of carbonyl (C=O) groups excluding carboxylic acids is 1. The van der Waals surface area contributed by atoms with Crippen molar-refractivity contribution in [3.8, 4) is 11.5 Å². The number of benzene rings is 2. The topological polar surface area (TPSA) is 59.6 Å². The Morgan fingerprint density at radius 3 is 2.69 bits per heavy atom. The normalized spacial score (nSPS) is 10.5. The third-order valence-electron chi connectivity index (χ3n) is 3.11. The van der Waals surface area contributed by atoms with Crippen molar-refractivity contribution in [3.63, 3.8) is 0 Å². The number of rotatable bonds is 8. The van der Waals surface area contributed by atoms with Crippen molar-refractivity contribution in [2.24, 2.45) is 0 Å². The van der Waals surface area contributed by atoms with Crippen LogP contribution in [0.1, 0.15) is 6.92 Å². The summed E-state index contributed by atoms with van der Waals surface area (Å²) < 4.78 is 35.4. The largest absolute Gasteiger partial charge is 0.491 e. The number of anilines is 2. The molecule has 0 atom stereocenters. The first-order valence-electron chi connectivity index (χ1n) is 7.60. The van der Waals surface area contributed by atoms with Gasteiger partial charge in [0, 0.05) is 5.02 Å². The van der Waals surface area contributed by atoms with E-state index in [-0.39, 0.29) is 18.0 Å². The minimum atomic E-state index is -2.98. The molecule has 0 aromatic heterocycles. The summed E-state index contributed by atoms with van der Waals surface area (Å²) in [5.74, 6) is -0.0450. The maximum Gasteiger partial charge on any atom is 0.387 e. The molecule has 5 nitrogen and oxygen atoms in total. The zero-order valence-electron chi connectivity index (χ0n) is 13.7. The Hall–Kier alpha value is -2.06. The first-order chi connectivity index (χ1) is 12.4. The number of ether oxygens (including phenoxy) is 2. The average molecular weight is 450 g/mol. The maximum atomic E-state index is 12.4. The van der Waals surface area contributed by atoms with E-state index < -0.39 is 12.5 Å². The molecule has 0 aliphatic rings. The van der Waals surface area contributed by atoms with E-state index >= 15 is 0 Å². The molecule has 0 aliphatic heterocycles. The molecule has 0 heterocycles. The highest BCUT2D eigenvalue weighted by atomic mass is 79.9. The van der Waals surface area contributed by atoms with Gasteiger partial charge in [0.2, 0.25) is 5.91 Å². The van der Waals surface area contributed by atoms with Crippen molar-refractivity contribution in [1.82, 2.24) is 0 Å². The van der Waals surface area contributed by atoms with Gasteiger partial charge in [0.05, 0.1) is 29.0 Å². The molecule has 2 rings (SSSR count). The van der Waals surface area contributed by atoms with Crippen LogP contribution in [-0.4, -0.2) is 25.7 Å². The molecule has 2 aromatic carbocycles. The van der Waals surface area contributed by atoms with Gasteiger partial charge >= 0.3 is 6.61 Å². The minimum Gasteiger partial charge on any atom is -0.491 e. The number of hydrogen-bond acceptors (Lipinski definition) is 4. The molecular formula is C17H16BrClF2N2O3. The molecule has 0 radical (unpaired) electrons. The van der Waals surface area contributed by atoms with Crippen molar-refractivity contribution in [2.75, 3.05) is 23.8 Å². The lowest BCUT2D eigenvalue weighted by Gasteiger charge is -2.15. The Morgan fingerprint density at radius 1 is 1.27 bits per heavy atom. The number of carbonyl (C=O) groups is 1. The monoisotopic (exact) mass is 448 g/mol. The van der Waals surface area contributed by atoms with Crippen LogP contribution in [0.4, 0.5) is 20.2 Å². The summed E-state index contributed by atoms with van der Waals surface area (Å²) in [7, 11) is 0. The zero-order chi connectivity index (χ0) is 19.1. The summed E-state index contributed by atoms with van der Waals surface area (Å²) in [5.41, 5.74) is 0.676. The highest BCUT2D eigenvalue weighted by molar-refractivity contribution is 9.10. The first-order valence-corrected chi connectivity index (χ1v) is 8.77. The fraction of sp³-hybridized carbons (Fsp3) is 0.235. The fourth-order valence-electron chi connectivity index (χ4n) is 2.12. The lowest BCUT2D eigenvalue weighted by atomic mass is 10.2. The standard InChI is InChI=1S/C17H16BrClF2N2O3/c1-2-25-16-11(18)7-10(19)8-13(16)22-9-15(24)23-12-5-3-4-6-14(12)26-17(20)21/h3-8,17,22H,2,9H2,1H3,(H,23,24). The average Bonchev–Trinajstić information content (AvgIpc) is 2.57. The van der Waals surface area contributed by atoms with Gasteiger partial charge in [-0.2, -0.15) is 8.78 Å². The van der Waals surface area contributed by atoms with Crippen LogP contribution in [0.15, 0.2) is 40.9 Å². The Balaban J connectivity index is 2.06. The maximum absolute atomic E-state index is 12.4. The molecule has 2 N–H and O–H groups in total. The van der Waals surface area contributed by atoms with Gasteiger partial charge in [0.15, 0.2) is 5.75 Å². The van der Waals surface area contributed by atoms with Crippen LogP contribution in [0.25, 0.3) is 0 Å². The SMILES string of the molecule is CCOc1c(Br)cc(Cl)cc1NCC(=O)Nc1ccccc1OC(F)F. The van der Waals surface area contributed by atoms with Gasteiger partial charge in [-0.25, -0.2) is 0 Å². The number of halogens is 4. The molecule has 0 aliphatic carbocycles. The molecule has 9 heteroatoms. The van der Waals surface area contributed by atoms with Crippen LogP contribution >= 0.6 is 27.5 Å². The molecule has 0 fully saturated rings. The van der Waals surface area contributed by atoms with E-state index in [1.807, 2.05) is 6.92 Å². The molecule has 0 saturated heterocycles. The number of amides is 1. The Labute approximate surface area is 162 Å². The van der Waals surface area contributed by atoms with Crippen LogP contribution in [0, 0.1) is 0 Å². The van der Waals surface area contributed by atoms with E-state index in [0.29, 0.717) is 27.5 Å². The second-order valence-electron chi connectivity index (χ2n) is 4.97. The van der Waals surface area contributed by atoms with Gasteiger partial charge in [-0.05, 0) is 47.1 Å². The second kappa shape index (κ2) is 9.59. The summed E-state index contributed by atoms with van der Waals surface area (Å²) in [4.78, 5) is 12.2. The van der Waals surface area contributed by atoms with Crippen LogP contribution in [0.3, 0.4) is 0 Å². The predicted octanol–water partition coefficient (Wildman–Crippen LogP) is 5.15. The zero-order valence-corrected chi connectivity index (χ0v) is 16.0. The Bertz CT molecular complexity index is 778. The molecule has 0 spiro atoms. The van der Waals surface area contributed by atoms with Crippen molar-refractivity contribution >= 4 is 44.8 Å². The van der Waals surface area contributed by atoms with E-state index in [1.54, 1.807) is 18.2 Å². The van der Waals surface area contributed by atoms with Crippen LogP contribution in [0.2, 0.25) is 5.02 Å². The van der Waals surface area contributed by atoms with Gasteiger partial charge in [0.25, 0.3) is 0 Å². The highest BCUT2D eigenvalue weighted by Crippen LogP contribution is 2.36. The van der Waals surface area contributed by atoms with Crippen molar-refractivity contribution in [3.05, 3.63) is 45.9 Å². The van der Waals surface area contributed by atoms with E-state index in [4.69, 9.17) is 16.3 Å². The highest BCUT2D eigenvalue weighted by Gasteiger charge is 2.14. The van der Waals surface area contributed by atoms with E-state index in [9.17, 15) is 13.6 Å². The molecule has 2 aromatic rings. The number of para-hydroxylation sites is 2. The number of alkyl halides is 2. The lowest BCUT2D eigenvalue weighted by molar-refractivity contribution is -0.114. The summed E-state index contributed by atoms with van der Waals surface area (Å²) in [6, 6.07) is 9.24. The quantitative estimate of drug-likeness (QED) is 0.585. The molecular weight excluding hydrogens is 434 g/mol. The Morgan fingerprint density at radius 2 is 2.00 bits per heavy atom. The van der Waals surface area contributed by atoms with Crippen molar-refractivity contribution in [2.45, 2.75) is 13.5 Å². The summed E-state index contributed by atoms with van der Waals surface area (Å²) in [5, 5.41) is 5.90. The van der Waals surface area contributed by atoms with Crippen LogP contribution < -0.4 is 20.1 Å². The van der Waals surface area contributed by atoms with Crippen LogP contribution in [-0.2, 0) is 4.79 Å². The van der Waals surface area contributed by atoms with E-state index in [2.05, 4.69) is 31.3 Å². The lowest BCUT2D eigenvalue weighted by Crippen LogP contribution is -2.22. The molecule has 140 valence electrons. The smallest absolute Gasteiger partial charge is 0.387 e. The molecule has 0 bridgehead atoms. The minimum absolute atomic E-state index is 0.114. The third kappa shape index (κ3) is 5.74. The third-order valence-corrected chi connectivity index (χ3v) is 3.92. The Kier molecular flexibility index (Phi) is 7.47. The molecule has 1 amide bonds. The first kappa shape index (κ1) is 20.3.